The Bertz CT molecular complexity index is 352. The van der Waals surface area contributed by atoms with Crippen molar-refractivity contribution >= 4 is 0 Å². The van der Waals surface area contributed by atoms with Crippen LogP contribution in [0.1, 0.15) is 32.3 Å². The molecule has 1 aromatic rings. The third kappa shape index (κ3) is 2.93. The van der Waals surface area contributed by atoms with E-state index in [9.17, 15) is 0 Å². The van der Waals surface area contributed by atoms with Gasteiger partial charge < -0.3 is 10.2 Å². The Morgan fingerprint density at radius 1 is 1.39 bits per heavy atom. The molecule has 0 aromatic carbocycles. The highest BCUT2D eigenvalue weighted by atomic mass is 15.2. The maximum atomic E-state index is 4.26. The molecule has 0 aliphatic rings. The van der Waals surface area contributed by atoms with Crippen molar-refractivity contribution in [2.24, 2.45) is 7.05 Å². The number of likely N-dealkylation sites (N-methyl/N-ethyl adjacent to an activating group) is 2. The lowest BCUT2D eigenvalue weighted by Gasteiger charge is -2.45. The van der Waals surface area contributed by atoms with E-state index >= 15 is 0 Å². The zero-order chi connectivity index (χ0) is 13.8. The standard InChI is InChI=1S/C14H28N4/c1-7-14(8-2,17(4)5)13(15-3)9-12-10-16-18(6)11-12/h10-11,13,15H,7-9H2,1-6H3. The molecule has 4 nitrogen and oxygen atoms in total. The highest BCUT2D eigenvalue weighted by Gasteiger charge is 2.36. The van der Waals surface area contributed by atoms with Crippen LogP contribution in [-0.2, 0) is 13.5 Å². The molecule has 1 rings (SSSR count). The van der Waals surface area contributed by atoms with Crippen LogP contribution in [0.25, 0.3) is 0 Å². The Morgan fingerprint density at radius 2 is 2.00 bits per heavy atom. The van der Waals surface area contributed by atoms with Gasteiger partial charge in [-0.05, 0) is 46.0 Å². The zero-order valence-electron chi connectivity index (χ0n) is 12.7. The minimum Gasteiger partial charge on any atom is -0.315 e. The quantitative estimate of drug-likeness (QED) is 0.801. The summed E-state index contributed by atoms with van der Waals surface area (Å²) in [6, 6.07) is 0.437. The molecule has 0 radical (unpaired) electrons. The van der Waals surface area contributed by atoms with Gasteiger partial charge in [0.25, 0.3) is 0 Å². The Balaban J connectivity index is 2.92. The Labute approximate surface area is 111 Å². The van der Waals surface area contributed by atoms with Crippen LogP contribution in [0.15, 0.2) is 12.4 Å². The van der Waals surface area contributed by atoms with Crippen LogP contribution < -0.4 is 5.32 Å². The van der Waals surface area contributed by atoms with Gasteiger partial charge in [-0.1, -0.05) is 13.8 Å². The summed E-state index contributed by atoms with van der Waals surface area (Å²) in [7, 11) is 8.39. The van der Waals surface area contributed by atoms with Gasteiger partial charge in [0, 0.05) is 24.8 Å². The minimum atomic E-state index is 0.199. The summed E-state index contributed by atoms with van der Waals surface area (Å²) in [5, 5.41) is 7.76. The van der Waals surface area contributed by atoms with Gasteiger partial charge in [0.1, 0.15) is 0 Å². The second kappa shape index (κ2) is 6.34. The number of hydrogen-bond acceptors (Lipinski definition) is 3. The van der Waals surface area contributed by atoms with Crippen molar-refractivity contribution in [2.75, 3.05) is 21.1 Å². The van der Waals surface area contributed by atoms with E-state index < -0.39 is 0 Å². The Morgan fingerprint density at radius 3 is 2.33 bits per heavy atom. The van der Waals surface area contributed by atoms with E-state index in [4.69, 9.17) is 0 Å². The van der Waals surface area contributed by atoms with Crippen LogP contribution in [0.5, 0.6) is 0 Å². The number of aromatic nitrogens is 2. The first kappa shape index (κ1) is 15.2. The lowest BCUT2D eigenvalue weighted by atomic mass is 9.80. The first-order valence-corrected chi connectivity index (χ1v) is 6.82. The lowest BCUT2D eigenvalue weighted by Crippen LogP contribution is -2.58. The number of nitrogens with zero attached hydrogens (tertiary/aromatic N) is 3. The number of nitrogens with one attached hydrogen (secondary N) is 1. The van der Waals surface area contributed by atoms with Crippen molar-refractivity contribution in [1.82, 2.24) is 20.0 Å². The van der Waals surface area contributed by atoms with E-state index in [-0.39, 0.29) is 5.54 Å². The van der Waals surface area contributed by atoms with E-state index in [2.05, 4.69) is 56.5 Å². The van der Waals surface area contributed by atoms with Crippen LogP contribution in [0.2, 0.25) is 0 Å². The smallest absolute Gasteiger partial charge is 0.0522 e. The van der Waals surface area contributed by atoms with Crippen LogP contribution >= 0.6 is 0 Å². The zero-order valence-corrected chi connectivity index (χ0v) is 12.7. The predicted octanol–water partition coefficient (Wildman–Crippen LogP) is 1.67. The monoisotopic (exact) mass is 252 g/mol. The van der Waals surface area contributed by atoms with Gasteiger partial charge in [-0.25, -0.2) is 0 Å². The molecule has 0 fully saturated rings. The van der Waals surface area contributed by atoms with Crippen LogP contribution in [0.4, 0.5) is 0 Å². The lowest BCUT2D eigenvalue weighted by molar-refractivity contribution is 0.0917. The molecule has 0 saturated heterocycles. The molecule has 0 saturated carbocycles. The fourth-order valence-electron chi connectivity index (χ4n) is 3.06. The van der Waals surface area contributed by atoms with E-state index in [1.165, 1.54) is 5.56 Å². The van der Waals surface area contributed by atoms with Crippen molar-refractivity contribution < 1.29 is 0 Å². The molecule has 1 N–H and O–H groups in total. The summed E-state index contributed by atoms with van der Waals surface area (Å²) >= 11 is 0. The van der Waals surface area contributed by atoms with Gasteiger partial charge in [0.15, 0.2) is 0 Å². The van der Waals surface area contributed by atoms with Gasteiger partial charge >= 0.3 is 0 Å². The van der Waals surface area contributed by atoms with Crippen LogP contribution in [0.3, 0.4) is 0 Å². The molecule has 0 spiro atoms. The molecule has 0 aliphatic heterocycles. The molecule has 18 heavy (non-hydrogen) atoms. The predicted molar refractivity (Wildman–Crippen MR) is 76.8 cm³/mol. The average molecular weight is 252 g/mol. The summed E-state index contributed by atoms with van der Waals surface area (Å²) in [5.41, 5.74) is 1.50. The summed E-state index contributed by atoms with van der Waals surface area (Å²) in [6.07, 6.45) is 7.38. The normalized spacial score (nSPS) is 14.2. The first-order valence-electron chi connectivity index (χ1n) is 6.82. The number of aryl methyl sites for hydroxylation is 1. The Kier molecular flexibility index (Phi) is 5.35. The highest BCUT2D eigenvalue weighted by Crippen LogP contribution is 2.27. The van der Waals surface area contributed by atoms with Crippen molar-refractivity contribution in [3.05, 3.63) is 18.0 Å². The topological polar surface area (TPSA) is 33.1 Å². The van der Waals surface area contributed by atoms with Gasteiger partial charge in [0.2, 0.25) is 0 Å². The average Bonchev–Trinajstić information content (AvgIpc) is 2.75. The third-order valence-corrected chi connectivity index (χ3v) is 4.31. The van der Waals surface area contributed by atoms with Gasteiger partial charge in [-0.15, -0.1) is 0 Å². The van der Waals surface area contributed by atoms with E-state index in [1.54, 1.807) is 0 Å². The minimum absolute atomic E-state index is 0.199. The molecule has 1 heterocycles. The molecule has 0 aliphatic carbocycles. The molecular formula is C14H28N4. The van der Waals surface area contributed by atoms with Gasteiger partial charge in [-0.3, -0.25) is 4.68 Å². The molecule has 1 aromatic heterocycles. The van der Waals surface area contributed by atoms with Crippen molar-refractivity contribution in [2.45, 2.75) is 44.7 Å². The highest BCUT2D eigenvalue weighted by molar-refractivity contribution is 5.10. The van der Waals surface area contributed by atoms with E-state index in [1.807, 2.05) is 17.9 Å². The summed E-state index contributed by atoms with van der Waals surface area (Å²) in [4.78, 5) is 2.37. The maximum absolute atomic E-state index is 4.26. The summed E-state index contributed by atoms with van der Waals surface area (Å²) in [6.45, 7) is 4.55. The molecule has 0 bridgehead atoms. The second-order valence-electron chi connectivity index (χ2n) is 5.27. The summed E-state index contributed by atoms with van der Waals surface area (Å²) < 4.78 is 1.87. The van der Waals surface area contributed by atoms with E-state index in [0.717, 1.165) is 19.3 Å². The van der Waals surface area contributed by atoms with Crippen LogP contribution in [0, 0.1) is 0 Å². The molecular weight excluding hydrogens is 224 g/mol. The first-order chi connectivity index (χ1) is 8.50. The van der Waals surface area contributed by atoms with Gasteiger partial charge in [0.05, 0.1) is 6.20 Å². The van der Waals surface area contributed by atoms with E-state index in [0.29, 0.717) is 6.04 Å². The van der Waals surface area contributed by atoms with Crippen LogP contribution in [-0.4, -0.2) is 47.4 Å². The SMILES string of the molecule is CCC(CC)(C(Cc1cnn(C)c1)NC)N(C)C. The maximum Gasteiger partial charge on any atom is 0.0522 e. The molecule has 4 heteroatoms. The fourth-order valence-corrected chi connectivity index (χ4v) is 3.06. The summed E-state index contributed by atoms with van der Waals surface area (Å²) in [5.74, 6) is 0. The molecule has 104 valence electrons. The Hall–Kier alpha value is -0.870. The largest absolute Gasteiger partial charge is 0.315 e. The van der Waals surface area contributed by atoms with Crippen molar-refractivity contribution in [1.29, 1.82) is 0 Å². The second-order valence-corrected chi connectivity index (χ2v) is 5.27. The molecule has 1 unspecified atom stereocenters. The van der Waals surface area contributed by atoms with Crippen molar-refractivity contribution in [3.8, 4) is 0 Å². The number of hydrogen-bond donors (Lipinski definition) is 1. The fraction of sp³-hybridized carbons (Fsp3) is 0.786. The third-order valence-electron chi connectivity index (χ3n) is 4.31. The molecule has 1 atom stereocenters. The van der Waals surface area contributed by atoms with Gasteiger partial charge in [-0.2, -0.15) is 5.10 Å². The van der Waals surface area contributed by atoms with Crippen molar-refractivity contribution in [3.63, 3.8) is 0 Å². The molecule has 0 amide bonds. The number of rotatable bonds is 7.